The Kier molecular flexibility index (Phi) is 5.43. The zero-order chi connectivity index (χ0) is 19.7. The number of thioether (sulfide) groups is 1. The van der Waals surface area contributed by atoms with Gasteiger partial charge in [0.05, 0.1) is 15.5 Å². The zero-order valence-corrected chi connectivity index (χ0v) is 16.1. The van der Waals surface area contributed by atoms with Gasteiger partial charge >= 0.3 is 5.97 Å². The molecule has 2 aromatic rings. The van der Waals surface area contributed by atoms with E-state index < -0.39 is 5.97 Å². The van der Waals surface area contributed by atoms with Crippen molar-refractivity contribution in [2.45, 2.75) is 13.8 Å². The second-order valence-corrected chi connectivity index (χ2v) is 7.79. The summed E-state index contributed by atoms with van der Waals surface area (Å²) >= 11 is 6.75. The Labute approximate surface area is 164 Å². The normalized spacial score (nSPS) is 16.0. The van der Waals surface area contributed by atoms with Crippen molar-refractivity contribution in [1.82, 2.24) is 4.90 Å². The summed E-state index contributed by atoms with van der Waals surface area (Å²) in [5.74, 6) is -0.459. The molecule has 2 amide bonds. The molecule has 1 fully saturated rings. The summed E-state index contributed by atoms with van der Waals surface area (Å²) in [5, 5.41) is 9.01. The van der Waals surface area contributed by atoms with Gasteiger partial charge in [-0.05, 0) is 48.0 Å². The number of benzene rings is 1. The molecule has 3 rings (SSSR count). The number of carbonyl (C=O) groups is 3. The van der Waals surface area contributed by atoms with Gasteiger partial charge < -0.3 is 9.52 Å². The van der Waals surface area contributed by atoms with Gasteiger partial charge in [-0.1, -0.05) is 25.4 Å². The Bertz CT molecular complexity index is 963. The van der Waals surface area contributed by atoms with E-state index >= 15 is 0 Å². The van der Waals surface area contributed by atoms with Crippen LogP contribution in [0.25, 0.3) is 17.4 Å². The molecule has 0 aliphatic carbocycles. The summed E-state index contributed by atoms with van der Waals surface area (Å²) in [7, 11) is 0. The molecule has 1 N–H and O–H groups in total. The molecule has 1 aliphatic heterocycles. The van der Waals surface area contributed by atoms with Gasteiger partial charge in [0.1, 0.15) is 11.5 Å². The number of aromatic carboxylic acids is 1. The van der Waals surface area contributed by atoms with Crippen LogP contribution in [0.1, 0.15) is 30.0 Å². The number of carbonyl (C=O) groups excluding carboxylic acids is 2. The van der Waals surface area contributed by atoms with Crippen LogP contribution in [0.2, 0.25) is 5.02 Å². The molecule has 6 nitrogen and oxygen atoms in total. The Hall–Kier alpha value is -2.51. The summed E-state index contributed by atoms with van der Waals surface area (Å²) in [4.78, 5) is 37.1. The molecule has 0 saturated carbocycles. The van der Waals surface area contributed by atoms with Gasteiger partial charge in [0, 0.05) is 18.2 Å². The zero-order valence-electron chi connectivity index (χ0n) is 14.6. The van der Waals surface area contributed by atoms with Crippen LogP contribution in [0.3, 0.4) is 0 Å². The van der Waals surface area contributed by atoms with Crippen LogP contribution in [0.15, 0.2) is 39.7 Å². The maximum absolute atomic E-state index is 12.4. The number of furan rings is 1. The van der Waals surface area contributed by atoms with E-state index in [2.05, 4.69) is 0 Å². The van der Waals surface area contributed by atoms with E-state index in [1.165, 1.54) is 23.1 Å². The van der Waals surface area contributed by atoms with Crippen molar-refractivity contribution < 1.29 is 23.9 Å². The lowest BCUT2D eigenvalue weighted by molar-refractivity contribution is -0.123. The van der Waals surface area contributed by atoms with Gasteiger partial charge in [-0.2, -0.15) is 0 Å². The van der Waals surface area contributed by atoms with Crippen LogP contribution >= 0.6 is 23.4 Å². The lowest BCUT2D eigenvalue weighted by Gasteiger charge is -2.14. The molecule has 1 saturated heterocycles. The highest BCUT2D eigenvalue weighted by Crippen LogP contribution is 2.34. The Morgan fingerprint density at radius 1 is 1.30 bits per heavy atom. The number of carboxylic acid groups (broad SMARTS) is 1. The molecule has 8 heteroatoms. The molecule has 2 heterocycles. The highest BCUT2D eigenvalue weighted by molar-refractivity contribution is 8.18. The number of imide groups is 1. The minimum atomic E-state index is -1.13. The number of halogens is 1. The molecule has 1 aliphatic rings. The number of hydrogen-bond acceptors (Lipinski definition) is 5. The van der Waals surface area contributed by atoms with Crippen molar-refractivity contribution in [3.63, 3.8) is 0 Å². The number of rotatable bonds is 5. The molecular formula is C19H16ClNO5S. The van der Waals surface area contributed by atoms with E-state index in [1.54, 1.807) is 18.2 Å². The Morgan fingerprint density at radius 2 is 2.04 bits per heavy atom. The van der Waals surface area contributed by atoms with Gasteiger partial charge in [0.15, 0.2) is 0 Å². The average molecular weight is 406 g/mol. The number of amides is 2. The third kappa shape index (κ3) is 4.09. The quantitative estimate of drug-likeness (QED) is 0.705. The van der Waals surface area contributed by atoms with E-state index in [-0.39, 0.29) is 27.7 Å². The number of carboxylic acids is 1. The van der Waals surface area contributed by atoms with Crippen LogP contribution in [-0.4, -0.2) is 33.7 Å². The Balaban J connectivity index is 1.86. The molecule has 1 aromatic heterocycles. The molecule has 0 atom stereocenters. The summed E-state index contributed by atoms with van der Waals surface area (Å²) in [6, 6.07) is 7.87. The van der Waals surface area contributed by atoms with Crippen molar-refractivity contribution in [3.05, 3.63) is 51.6 Å². The predicted octanol–water partition coefficient (Wildman–Crippen LogP) is 4.99. The van der Waals surface area contributed by atoms with E-state index in [0.29, 0.717) is 28.5 Å². The van der Waals surface area contributed by atoms with Crippen LogP contribution in [0.4, 0.5) is 4.79 Å². The second kappa shape index (κ2) is 7.62. The van der Waals surface area contributed by atoms with Crippen molar-refractivity contribution in [3.8, 4) is 11.3 Å². The third-order valence-electron chi connectivity index (χ3n) is 3.80. The summed E-state index contributed by atoms with van der Waals surface area (Å²) in [6.45, 7) is 4.24. The minimum Gasteiger partial charge on any atom is -0.478 e. The first-order chi connectivity index (χ1) is 12.8. The van der Waals surface area contributed by atoms with Crippen molar-refractivity contribution >= 4 is 46.6 Å². The standard InChI is InChI=1S/C19H16ClNO5S/c1-10(2)9-21-17(22)16(27-19(21)25)8-12-4-6-15(26-12)11-3-5-14(20)13(7-11)18(23)24/h3-8,10H,9H2,1-2H3,(H,23,24). The highest BCUT2D eigenvalue weighted by Gasteiger charge is 2.35. The van der Waals surface area contributed by atoms with Crippen LogP contribution in [0, 0.1) is 5.92 Å². The molecule has 1 aromatic carbocycles. The first kappa shape index (κ1) is 19.3. The van der Waals surface area contributed by atoms with E-state index in [0.717, 1.165) is 11.8 Å². The lowest BCUT2D eigenvalue weighted by atomic mass is 10.1. The van der Waals surface area contributed by atoms with Gasteiger partial charge in [-0.3, -0.25) is 14.5 Å². The Morgan fingerprint density at radius 3 is 2.70 bits per heavy atom. The fourth-order valence-corrected chi connectivity index (χ4v) is 3.61. The third-order valence-corrected chi connectivity index (χ3v) is 5.04. The SMILES string of the molecule is CC(C)CN1C(=O)SC(=Cc2ccc(-c3ccc(Cl)c(C(=O)O)c3)o2)C1=O. The largest absolute Gasteiger partial charge is 0.478 e. The smallest absolute Gasteiger partial charge is 0.337 e. The van der Waals surface area contributed by atoms with Gasteiger partial charge in [-0.15, -0.1) is 0 Å². The average Bonchev–Trinajstić information content (AvgIpc) is 3.15. The molecular weight excluding hydrogens is 390 g/mol. The molecule has 140 valence electrons. The first-order valence-electron chi connectivity index (χ1n) is 8.14. The molecule has 0 radical (unpaired) electrons. The van der Waals surface area contributed by atoms with Gasteiger partial charge in [-0.25, -0.2) is 4.79 Å². The summed E-state index contributed by atoms with van der Waals surface area (Å²) in [6.07, 6.45) is 1.52. The lowest BCUT2D eigenvalue weighted by Crippen LogP contribution is -2.31. The summed E-state index contributed by atoms with van der Waals surface area (Å²) < 4.78 is 5.70. The highest BCUT2D eigenvalue weighted by atomic mass is 35.5. The van der Waals surface area contributed by atoms with Crippen molar-refractivity contribution in [2.24, 2.45) is 5.92 Å². The van der Waals surface area contributed by atoms with Gasteiger partial charge in [0.2, 0.25) is 0 Å². The molecule has 0 unspecified atom stereocenters. The van der Waals surface area contributed by atoms with Crippen LogP contribution in [0.5, 0.6) is 0 Å². The van der Waals surface area contributed by atoms with Crippen LogP contribution < -0.4 is 0 Å². The minimum absolute atomic E-state index is 0.0260. The van der Waals surface area contributed by atoms with E-state index in [9.17, 15) is 19.5 Å². The summed E-state index contributed by atoms with van der Waals surface area (Å²) in [5.41, 5.74) is 0.520. The van der Waals surface area contributed by atoms with E-state index in [1.807, 2.05) is 13.8 Å². The fraction of sp³-hybridized carbons (Fsp3) is 0.211. The van der Waals surface area contributed by atoms with E-state index in [4.69, 9.17) is 16.0 Å². The molecule has 27 heavy (non-hydrogen) atoms. The number of hydrogen-bond donors (Lipinski definition) is 1. The predicted molar refractivity (Wildman–Crippen MR) is 104 cm³/mol. The maximum Gasteiger partial charge on any atom is 0.337 e. The topological polar surface area (TPSA) is 87.8 Å². The van der Waals surface area contributed by atoms with Crippen LogP contribution in [-0.2, 0) is 4.79 Å². The number of nitrogens with zero attached hydrogens (tertiary/aromatic N) is 1. The molecule has 0 spiro atoms. The maximum atomic E-state index is 12.4. The molecule has 0 bridgehead atoms. The van der Waals surface area contributed by atoms with Crippen molar-refractivity contribution in [2.75, 3.05) is 6.54 Å². The first-order valence-corrected chi connectivity index (χ1v) is 9.34. The monoisotopic (exact) mass is 405 g/mol. The van der Waals surface area contributed by atoms with Crippen molar-refractivity contribution in [1.29, 1.82) is 0 Å². The second-order valence-electron chi connectivity index (χ2n) is 6.39. The van der Waals surface area contributed by atoms with Gasteiger partial charge in [0.25, 0.3) is 11.1 Å². The fourth-order valence-electron chi connectivity index (χ4n) is 2.58.